The largest absolute Gasteiger partial charge is 0.494 e. The lowest BCUT2D eigenvalue weighted by Gasteiger charge is -2.43. The fraction of sp³-hybridized carbons (Fsp3) is 0.500. The van der Waals surface area contributed by atoms with Crippen molar-refractivity contribution in [3.05, 3.63) is 36.4 Å². The van der Waals surface area contributed by atoms with Gasteiger partial charge in [0.25, 0.3) is 0 Å². The number of imide groups is 1. The molecule has 1 aliphatic carbocycles. The molecule has 1 N–H and O–H groups in total. The maximum absolute atomic E-state index is 12.6. The van der Waals surface area contributed by atoms with E-state index in [-0.39, 0.29) is 35.7 Å². The van der Waals surface area contributed by atoms with Crippen LogP contribution in [0.5, 0.6) is 5.75 Å². The Morgan fingerprint density at radius 2 is 1.69 bits per heavy atom. The third kappa shape index (κ3) is 3.86. The lowest BCUT2D eigenvalue weighted by Crippen LogP contribution is -2.63. The van der Waals surface area contributed by atoms with Crippen molar-refractivity contribution in [2.45, 2.75) is 38.6 Å². The summed E-state index contributed by atoms with van der Waals surface area (Å²) in [5.74, 6) is 0.200. The zero-order valence-electron chi connectivity index (χ0n) is 16.7. The molecule has 7 nitrogen and oxygen atoms in total. The lowest BCUT2D eigenvalue weighted by atomic mass is 9.85. The third-order valence-corrected chi connectivity index (χ3v) is 5.93. The second-order valence-corrected chi connectivity index (χ2v) is 7.92. The minimum Gasteiger partial charge on any atom is -0.494 e. The Morgan fingerprint density at radius 3 is 2.28 bits per heavy atom. The summed E-state index contributed by atoms with van der Waals surface area (Å²) in [4.78, 5) is 40.7. The number of fused-ring (bicyclic) bond motifs is 1. The molecule has 154 valence electrons. The van der Waals surface area contributed by atoms with Crippen molar-refractivity contribution in [3.63, 3.8) is 0 Å². The number of carbonyl (C=O) groups is 3. The molecule has 2 fully saturated rings. The normalized spacial score (nSPS) is 23.8. The predicted octanol–water partition coefficient (Wildman–Crippen LogP) is 3.03. The Kier molecular flexibility index (Phi) is 5.56. The van der Waals surface area contributed by atoms with E-state index >= 15 is 0 Å². The van der Waals surface area contributed by atoms with Gasteiger partial charge in [-0.1, -0.05) is 25.5 Å². The summed E-state index contributed by atoms with van der Waals surface area (Å²) in [6.45, 7) is 3.56. The molecule has 2 heterocycles. The summed E-state index contributed by atoms with van der Waals surface area (Å²) in [7, 11) is 0. The zero-order valence-corrected chi connectivity index (χ0v) is 16.7. The number of likely N-dealkylation sites (tertiary alicyclic amines) is 2. The molecule has 0 radical (unpaired) electrons. The van der Waals surface area contributed by atoms with Crippen LogP contribution >= 0.6 is 0 Å². The van der Waals surface area contributed by atoms with Gasteiger partial charge in [-0.3, -0.25) is 14.5 Å². The Labute approximate surface area is 170 Å². The van der Waals surface area contributed by atoms with Crippen molar-refractivity contribution in [3.8, 4) is 5.75 Å². The summed E-state index contributed by atoms with van der Waals surface area (Å²) in [5, 5.41) is 2.85. The maximum atomic E-state index is 12.6. The van der Waals surface area contributed by atoms with Gasteiger partial charge in [-0.15, -0.1) is 0 Å². The number of hydrogen-bond donors (Lipinski definition) is 1. The number of amides is 4. The van der Waals surface area contributed by atoms with Crippen LogP contribution in [0, 0.1) is 11.8 Å². The highest BCUT2D eigenvalue weighted by molar-refractivity contribution is 6.06. The molecule has 0 unspecified atom stereocenters. The first-order chi connectivity index (χ1) is 14.1. The van der Waals surface area contributed by atoms with Gasteiger partial charge in [0.2, 0.25) is 11.8 Å². The number of nitrogens with zero attached hydrogens (tertiary/aromatic N) is 2. The molecule has 1 aromatic carbocycles. The van der Waals surface area contributed by atoms with Crippen LogP contribution in [0.25, 0.3) is 0 Å². The molecule has 2 atom stereocenters. The Bertz CT molecular complexity index is 788. The highest BCUT2D eigenvalue weighted by atomic mass is 16.5. The summed E-state index contributed by atoms with van der Waals surface area (Å²) in [5.41, 5.74) is 0.687. The van der Waals surface area contributed by atoms with E-state index in [1.165, 1.54) is 4.90 Å². The van der Waals surface area contributed by atoms with E-state index < -0.39 is 0 Å². The van der Waals surface area contributed by atoms with E-state index in [9.17, 15) is 14.4 Å². The molecule has 1 aromatic rings. The van der Waals surface area contributed by atoms with Gasteiger partial charge < -0.3 is 15.0 Å². The number of nitrogens with one attached hydrogen (secondary N) is 1. The number of anilines is 1. The first-order valence-electron chi connectivity index (χ1n) is 10.4. The summed E-state index contributed by atoms with van der Waals surface area (Å²) in [6, 6.07) is 6.85. The van der Waals surface area contributed by atoms with Crippen LogP contribution in [0.1, 0.15) is 32.6 Å². The average Bonchev–Trinajstić information content (AvgIpc) is 2.94. The van der Waals surface area contributed by atoms with Crippen LogP contribution in [0.15, 0.2) is 36.4 Å². The number of urea groups is 1. The van der Waals surface area contributed by atoms with Gasteiger partial charge in [0.15, 0.2) is 0 Å². The van der Waals surface area contributed by atoms with Gasteiger partial charge in [0.05, 0.1) is 24.5 Å². The number of allylic oxidation sites excluding steroid dienone is 2. The first-order valence-corrected chi connectivity index (χ1v) is 10.4. The quantitative estimate of drug-likeness (QED) is 0.455. The van der Waals surface area contributed by atoms with Crippen molar-refractivity contribution in [2.24, 2.45) is 11.8 Å². The highest BCUT2D eigenvalue weighted by Crippen LogP contribution is 2.37. The van der Waals surface area contributed by atoms with Crippen LogP contribution < -0.4 is 10.1 Å². The minimum atomic E-state index is -0.223. The first kappa shape index (κ1) is 19.5. The van der Waals surface area contributed by atoms with E-state index in [2.05, 4.69) is 12.2 Å². The van der Waals surface area contributed by atoms with Gasteiger partial charge in [-0.25, -0.2) is 4.79 Å². The Balaban J connectivity index is 1.27. The molecule has 2 saturated heterocycles. The van der Waals surface area contributed by atoms with Crippen molar-refractivity contribution < 1.29 is 19.1 Å². The molecular formula is C22H27N3O4. The fourth-order valence-electron chi connectivity index (χ4n) is 4.14. The molecule has 7 heteroatoms. The van der Waals surface area contributed by atoms with Crippen molar-refractivity contribution in [1.82, 2.24) is 9.80 Å². The minimum absolute atomic E-state index is 0.0759. The van der Waals surface area contributed by atoms with Gasteiger partial charge in [-0.2, -0.15) is 0 Å². The number of hydrogen-bond acceptors (Lipinski definition) is 4. The second-order valence-electron chi connectivity index (χ2n) is 7.92. The average molecular weight is 397 g/mol. The van der Waals surface area contributed by atoms with E-state index in [1.54, 1.807) is 4.90 Å². The Hall–Kier alpha value is -2.83. The predicted molar refractivity (Wildman–Crippen MR) is 108 cm³/mol. The van der Waals surface area contributed by atoms with Gasteiger partial charge >= 0.3 is 6.03 Å². The smallest absolute Gasteiger partial charge is 0.321 e. The van der Waals surface area contributed by atoms with Crippen molar-refractivity contribution in [2.75, 3.05) is 25.0 Å². The van der Waals surface area contributed by atoms with E-state index in [4.69, 9.17) is 4.74 Å². The van der Waals surface area contributed by atoms with Gasteiger partial charge in [-0.05, 0) is 43.5 Å². The van der Waals surface area contributed by atoms with Crippen LogP contribution in [0.2, 0.25) is 0 Å². The van der Waals surface area contributed by atoms with Gasteiger partial charge in [0.1, 0.15) is 5.75 Å². The summed E-state index contributed by atoms with van der Waals surface area (Å²) in [6.07, 6.45) is 7.33. The molecule has 0 saturated carbocycles. The Morgan fingerprint density at radius 1 is 1.07 bits per heavy atom. The summed E-state index contributed by atoms with van der Waals surface area (Å²) >= 11 is 0. The number of ether oxygens (including phenoxy) is 1. The fourth-order valence-corrected chi connectivity index (χ4v) is 4.14. The van der Waals surface area contributed by atoms with Gasteiger partial charge in [0, 0.05) is 18.8 Å². The SMILES string of the molecule is CCCCOc1ccc(NC(=O)N2CC(N3C(=O)[C@@H]4CC=CC[C@H]4C3=O)C2)cc1. The molecule has 2 aliphatic heterocycles. The molecule has 0 spiro atoms. The number of carbonyl (C=O) groups excluding carboxylic acids is 3. The lowest BCUT2D eigenvalue weighted by molar-refractivity contribution is -0.145. The molecular weight excluding hydrogens is 370 g/mol. The number of benzene rings is 1. The molecule has 0 bridgehead atoms. The molecule has 4 rings (SSSR count). The maximum Gasteiger partial charge on any atom is 0.321 e. The number of rotatable bonds is 6. The second kappa shape index (κ2) is 8.27. The molecule has 0 aromatic heterocycles. The van der Waals surface area contributed by atoms with E-state index in [1.807, 2.05) is 36.4 Å². The van der Waals surface area contributed by atoms with Crippen LogP contribution in [-0.4, -0.2) is 53.4 Å². The third-order valence-electron chi connectivity index (χ3n) is 5.93. The van der Waals surface area contributed by atoms with Crippen molar-refractivity contribution in [1.29, 1.82) is 0 Å². The molecule has 4 amide bonds. The standard InChI is InChI=1S/C22H27N3O4/c1-2-3-12-29-17-10-8-15(9-11-17)23-22(28)24-13-16(14-24)25-20(26)18-6-4-5-7-19(18)21(25)27/h4-5,8-11,16,18-19H,2-3,6-7,12-14H2,1H3,(H,23,28)/t18-,19-/m1/s1. The monoisotopic (exact) mass is 397 g/mol. The van der Waals surface area contributed by atoms with Crippen LogP contribution in [0.4, 0.5) is 10.5 Å². The van der Waals surface area contributed by atoms with E-state index in [0.717, 1.165) is 18.6 Å². The molecule has 29 heavy (non-hydrogen) atoms. The van der Waals surface area contributed by atoms with E-state index in [0.29, 0.717) is 38.2 Å². The highest BCUT2D eigenvalue weighted by Gasteiger charge is 2.52. The topological polar surface area (TPSA) is 79.0 Å². The van der Waals surface area contributed by atoms with Crippen molar-refractivity contribution >= 4 is 23.5 Å². The van der Waals surface area contributed by atoms with Crippen LogP contribution in [-0.2, 0) is 9.59 Å². The number of unbranched alkanes of at least 4 members (excludes halogenated alkanes) is 1. The zero-order chi connectivity index (χ0) is 20.4. The molecule has 3 aliphatic rings. The van der Waals surface area contributed by atoms with Crippen LogP contribution in [0.3, 0.4) is 0 Å². The summed E-state index contributed by atoms with van der Waals surface area (Å²) < 4.78 is 5.62.